The summed E-state index contributed by atoms with van der Waals surface area (Å²) in [6.07, 6.45) is -15.2. The first kappa shape index (κ1) is 11.5. The number of hydrogen-bond acceptors (Lipinski definition) is 1. The summed E-state index contributed by atoms with van der Waals surface area (Å²) in [5, 5.41) is 0. The predicted octanol–water partition coefficient (Wildman–Crippen LogP) is 2.17. The molecule has 12 heavy (non-hydrogen) atoms. The van der Waals surface area contributed by atoms with Crippen LogP contribution >= 0.6 is 0 Å². The highest BCUT2D eigenvalue weighted by atomic mass is 19.4. The summed E-state index contributed by atoms with van der Waals surface area (Å²) in [4.78, 5) is 0. The van der Waals surface area contributed by atoms with Gasteiger partial charge >= 0.3 is 6.18 Å². The van der Waals surface area contributed by atoms with Crippen molar-refractivity contribution in [1.29, 1.82) is 0 Å². The van der Waals surface area contributed by atoms with Crippen LogP contribution in [0.25, 0.3) is 0 Å². The average molecular weight is 196 g/mol. The largest absolute Gasteiger partial charge is 0.422 e. The molecule has 2 unspecified atom stereocenters. The fraction of sp³-hybridized carbons (Fsp3) is 1.00. The molecular weight excluding hydrogens is 190 g/mol. The molecule has 2 atom stereocenters. The van der Waals surface area contributed by atoms with E-state index in [1.165, 1.54) is 0 Å². The third-order valence-electron chi connectivity index (χ3n) is 1.12. The van der Waals surface area contributed by atoms with Crippen molar-refractivity contribution in [2.24, 2.45) is 0 Å². The van der Waals surface area contributed by atoms with E-state index in [4.69, 9.17) is 0 Å². The van der Waals surface area contributed by atoms with Crippen molar-refractivity contribution in [3.05, 3.63) is 0 Å². The van der Waals surface area contributed by atoms with Crippen LogP contribution in [-0.2, 0) is 4.74 Å². The topological polar surface area (TPSA) is 9.23 Å². The van der Waals surface area contributed by atoms with Gasteiger partial charge in [0.1, 0.15) is 0 Å². The Balaban J connectivity index is 4.32. The Morgan fingerprint density at radius 3 is 1.58 bits per heavy atom. The first-order chi connectivity index (χ1) is 5.30. The molecule has 0 spiro atoms. The molecule has 0 amide bonds. The van der Waals surface area contributed by atoms with Crippen molar-refractivity contribution < 1.29 is 31.1 Å². The van der Waals surface area contributed by atoms with Crippen LogP contribution in [0.15, 0.2) is 0 Å². The van der Waals surface area contributed by atoms with Crippen molar-refractivity contribution in [3.63, 3.8) is 0 Å². The van der Waals surface area contributed by atoms with Crippen molar-refractivity contribution in [1.82, 2.24) is 0 Å². The minimum atomic E-state index is -5.31. The molecule has 7 heteroatoms. The second-order valence-electron chi connectivity index (χ2n) is 1.98. The highest BCUT2D eigenvalue weighted by molar-refractivity contribution is 4.77. The first-order valence-electron chi connectivity index (χ1n) is 2.82. The van der Waals surface area contributed by atoms with Gasteiger partial charge in [0.25, 0.3) is 6.43 Å². The number of halogens is 6. The lowest BCUT2D eigenvalue weighted by molar-refractivity contribution is -0.226. The van der Waals surface area contributed by atoms with E-state index in [1.807, 2.05) is 0 Å². The lowest BCUT2D eigenvalue weighted by atomic mass is 10.2. The number of alkyl halides is 6. The standard InChI is InChI=1S/C5H6F6O/c1-12-2(4(7)8)3(6)5(9,10)11/h2-4H,1H3. The summed E-state index contributed by atoms with van der Waals surface area (Å²) in [5.41, 5.74) is 0. The highest BCUT2D eigenvalue weighted by Crippen LogP contribution is 2.29. The molecule has 0 saturated carbocycles. The molecule has 0 rings (SSSR count). The Hall–Kier alpha value is -0.460. The average Bonchev–Trinajstić information content (AvgIpc) is 1.86. The molecule has 0 N–H and O–H groups in total. The molecule has 0 aliphatic rings. The van der Waals surface area contributed by atoms with Gasteiger partial charge < -0.3 is 4.74 Å². The van der Waals surface area contributed by atoms with E-state index in [-0.39, 0.29) is 0 Å². The van der Waals surface area contributed by atoms with Gasteiger partial charge in [-0.3, -0.25) is 0 Å². The maximum Gasteiger partial charge on any atom is 0.422 e. The molecule has 0 saturated heterocycles. The molecule has 74 valence electrons. The van der Waals surface area contributed by atoms with Gasteiger partial charge in [-0.05, 0) is 0 Å². The van der Waals surface area contributed by atoms with Gasteiger partial charge in [0.05, 0.1) is 0 Å². The van der Waals surface area contributed by atoms with Crippen LogP contribution in [0.4, 0.5) is 26.3 Å². The van der Waals surface area contributed by atoms with Gasteiger partial charge in [0.2, 0.25) is 6.17 Å². The van der Waals surface area contributed by atoms with Crippen LogP contribution in [0.2, 0.25) is 0 Å². The molecule has 0 aromatic rings. The van der Waals surface area contributed by atoms with E-state index in [0.717, 1.165) is 0 Å². The number of methoxy groups -OCH3 is 1. The normalized spacial score (nSPS) is 18.0. The molecule has 0 heterocycles. The van der Waals surface area contributed by atoms with Crippen LogP contribution in [0, 0.1) is 0 Å². The molecule has 0 aliphatic carbocycles. The molecule has 0 aliphatic heterocycles. The van der Waals surface area contributed by atoms with Gasteiger partial charge in [-0.15, -0.1) is 0 Å². The minimum Gasteiger partial charge on any atom is -0.372 e. The van der Waals surface area contributed by atoms with Crippen LogP contribution < -0.4 is 0 Å². The van der Waals surface area contributed by atoms with Crippen molar-refractivity contribution in [3.8, 4) is 0 Å². The Labute approximate surface area is 64.3 Å². The second-order valence-corrected chi connectivity index (χ2v) is 1.98. The van der Waals surface area contributed by atoms with Gasteiger partial charge in [0, 0.05) is 7.11 Å². The zero-order valence-electron chi connectivity index (χ0n) is 5.91. The third kappa shape index (κ3) is 2.88. The maximum absolute atomic E-state index is 12.1. The Morgan fingerprint density at radius 2 is 1.50 bits per heavy atom. The van der Waals surface area contributed by atoms with E-state index in [2.05, 4.69) is 4.74 Å². The zero-order chi connectivity index (χ0) is 9.94. The van der Waals surface area contributed by atoms with Gasteiger partial charge in [-0.1, -0.05) is 0 Å². The van der Waals surface area contributed by atoms with Crippen LogP contribution in [0.3, 0.4) is 0 Å². The molecule has 0 bridgehead atoms. The summed E-state index contributed by atoms with van der Waals surface area (Å²) in [6, 6.07) is 0. The monoisotopic (exact) mass is 196 g/mol. The fourth-order valence-corrected chi connectivity index (χ4v) is 0.536. The van der Waals surface area contributed by atoms with Gasteiger partial charge in [0.15, 0.2) is 6.10 Å². The predicted molar refractivity (Wildman–Crippen MR) is 27.8 cm³/mol. The van der Waals surface area contributed by atoms with Crippen molar-refractivity contribution in [2.75, 3.05) is 7.11 Å². The van der Waals surface area contributed by atoms with Gasteiger partial charge in [-0.2, -0.15) is 13.2 Å². The third-order valence-corrected chi connectivity index (χ3v) is 1.12. The molecular formula is C5H6F6O. The second kappa shape index (κ2) is 3.97. The van der Waals surface area contributed by atoms with Crippen molar-refractivity contribution in [2.45, 2.75) is 24.9 Å². The lowest BCUT2D eigenvalue weighted by Gasteiger charge is -2.20. The van der Waals surface area contributed by atoms with E-state index in [0.29, 0.717) is 7.11 Å². The smallest absolute Gasteiger partial charge is 0.372 e. The number of ether oxygens (including phenoxy) is 1. The van der Waals surface area contributed by atoms with E-state index < -0.39 is 24.9 Å². The quantitative estimate of drug-likeness (QED) is 0.628. The Kier molecular flexibility index (Phi) is 3.82. The van der Waals surface area contributed by atoms with Crippen molar-refractivity contribution >= 4 is 0 Å². The van der Waals surface area contributed by atoms with Crippen LogP contribution in [0.1, 0.15) is 0 Å². The summed E-state index contributed by atoms with van der Waals surface area (Å²) in [7, 11) is 0.592. The molecule has 0 aromatic heterocycles. The number of hydrogen-bond donors (Lipinski definition) is 0. The summed E-state index contributed by atoms with van der Waals surface area (Å²) in [6.45, 7) is 0. The minimum absolute atomic E-state index is 0.592. The Bertz CT molecular complexity index is 132. The molecule has 0 radical (unpaired) electrons. The SMILES string of the molecule is COC(C(F)F)C(F)C(F)(F)F. The van der Waals surface area contributed by atoms with Crippen LogP contribution in [-0.4, -0.2) is 32.0 Å². The van der Waals surface area contributed by atoms with E-state index in [1.54, 1.807) is 0 Å². The zero-order valence-corrected chi connectivity index (χ0v) is 5.91. The number of rotatable bonds is 3. The Morgan fingerprint density at radius 1 is 1.08 bits per heavy atom. The first-order valence-corrected chi connectivity index (χ1v) is 2.82. The summed E-state index contributed by atoms with van der Waals surface area (Å²) in [5.74, 6) is 0. The lowest BCUT2D eigenvalue weighted by Crippen LogP contribution is -2.41. The summed E-state index contributed by atoms with van der Waals surface area (Å²) >= 11 is 0. The molecule has 0 aromatic carbocycles. The summed E-state index contributed by atoms with van der Waals surface area (Å²) < 4.78 is 73.4. The van der Waals surface area contributed by atoms with Gasteiger partial charge in [-0.25, -0.2) is 13.2 Å². The fourth-order valence-electron chi connectivity index (χ4n) is 0.536. The van der Waals surface area contributed by atoms with Crippen LogP contribution in [0.5, 0.6) is 0 Å². The highest BCUT2D eigenvalue weighted by Gasteiger charge is 2.49. The van der Waals surface area contributed by atoms with E-state index >= 15 is 0 Å². The molecule has 1 nitrogen and oxygen atoms in total. The molecule has 0 fully saturated rings. The maximum atomic E-state index is 12.1. The van der Waals surface area contributed by atoms with E-state index in [9.17, 15) is 26.3 Å².